The normalized spacial score (nSPS) is 14.8. The molecule has 4 rings (SSSR count). The van der Waals surface area contributed by atoms with Crippen molar-refractivity contribution in [3.05, 3.63) is 59.9 Å². The van der Waals surface area contributed by atoms with Gasteiger partial charge in [-0.3, -0.25) is 9.59 Å². The van der Waals surface area contributed by atoms with Gasteiger partial charge in [-0.05, 0) is 55.3 Å². The van der Waals surface area contributed by atoms with Crippen LogP contribution in [-0.2, 0) is 0 Å². The van der Waals surface area contributed by atoms with Crippen LogP contribution in [0.15, 0.2) is 48.8 Å². The highest BCUT2D eigenvalue weighted by molar-refractivity contribution is 5.97. The number of amides is 2. The molecule has 0 unspecified atom stereocenters. The minimum absolute atomic E-state index is 0.0461. The highest BCUT2D eigenvalue weighted by Gasteiger charge is 2.25. The van der Waals surface area contributed by atoms with Crippen LogP contribution in [0.3, 0.4) is 0 Å². The number of nitrogens with one attached hydrogen (secondary N) is 2. The van der Waals surface area contributed by atoms with Gasteiger partial charge in [0.25, 0.3) is 11.8 Å². The van der Waals surface area contributed by atoms with Crippen molar-refractivity contribution in [2.24, 2.45) is 0 Å². The number of aromatic amines is 1. The highest BCUT2D eigenvalue weighted by atomic mass is 16.2. The molecule has 150 valence electrons. The standard InChI is InChI=1S/C22H25N5O2/c1-26(2)18-6-3-15(4-7-18)22(29)27-11-9-17(10-12-27)25-21(28)16-5-8-19-20(13-16)24-14-23-19/h3-8,13-14,17H,9-12H2,1-2H3,(H,23,24)(H,25,28). The molecule has 2 heterocycles. The Labute approximate surface area is 169 Å². The summed E-state index contributed by atoms with van der Waals surface area (Å²) >= 11 is 0. The Hall–Kier alpha value is -3.35. The third-order valence-corrected chi connectivity index (χ3v) is 5.43. The number of piperidine rings is 1. The molecule has 2 N–H and O–H groups in total. The average molecular weight is 391 g/mol. The monoisotopic (exact) mass is 391 g/mol. The molecule has 0 atom stereocenters. The fraction of sp³-hybridized carbons (Fsp3) is 0.318. The van der Waals surface area contributed by atoms with E-state index in [4.69, 9.17) is 0 Å². The Morgan fingerprint density at radius 3 is 2.45 bits per heavy atom. The zero-order valence-electron chi connectivity index (χ0n) is 16.7. The minimum Gasteiger partial charge on any atom is -0.378 e. The summed E-state index contributed by atoms with van der Waals surface area (Å²) in [7, 11) is 3.95. The van der Waals surface area contributed by atoms with Crippen LogP contribution in [0.25, 0.3) is 11.0 Å². The molecule has 1 aromatic heterocycles. The number of aromatic nitrogens is 2. The predicted molar refractivity (Wildman–Crippen MR) is 113 cm³/mol. The first-order valence-corrected chi connectivity index (χ1v) is 9.82. The minimum atomic E-state index is -0.0921. The van der Waals surface area contributed by atoms with Crippen molar-refractivity contribution in [3.63, 3.8) is 0 Å². The summed E-state index contributed by atoms with van der Waals surface area (Å²) in [6, 6.07) is 13.2. The SMILES string of the molecule is CN(C)c1ccc(C(=O)N2CCC(NC(=O)c3ccc4nc[nH]c4c3)CC2)cc1. The fourth-order valence-corrected chi connectivity index (χ4v) is 3.66. The van der Waals surface area contributed by atoms with Gasteiger partial charge in [0, 0.05) is 50.0 Å². The number of benzene rings is 2. The van der Waals surface area contributed by atoms with E-state index in [1.54, 1.807) is 12.4 Å². The van der Waals surface area contributed by atoms with Gasteiger partial charge in [-0.2, -0.15) is 0 Å². The van der Waals surface area contributed by atoms with Gasteiger partial charge in [-0.25, -0.2) is 4.98 Å². The van der Waals surface area contributed by atoms with E-state index in [0.29, 0.717) is 24.2 Å². The molecule has 7 heteroatoms. The Bertz CT molecular complexity index is 1020. The van der Waals surface area contributed by atoms with E-state index in [0.717, 1.165) is 29.6 Å². The number of nitrogens with zero attached hydrogens (tertiary/aromatic N) is 3. The second-order valence-corrected chi connectivity index (χ2v) is 7.62. The van der Waals surface area contributed by atoms with E-state index in [1.807, 2.05) is 60.3 Å². The first-order chi connectivity index (χ1) is 14.0. The number of carbonyl (C=O) groups excluding carboxylic acids is 2. The van der Waals surface area contributed by atoms with Crippen LogP contribution in [0.2, 0.25) is 0 Å². The third-order valence-electron chi connectivity index (χ3n) is 5.43. The Morgan fingerprint density at radius 1 is 1.07 bits per heavy atom. The Kier molecular flexibility index (Phi) is 5.20. The van der Waals surface area contributed by atoms with Crippen LogP contribution in [0, 0.1) is 0 Å². The zero-order valence-corrected chi connectivity index (χ0v) is 16.7. The molecular weight excluding hydrogens is 366 g/mol. The molecule has 0 radical (unpaired) electrons. The van der Waals surface area contributed by atoms with E-state index < -0.39 is 0 Å². The topological polar surface area (TPSA) is 81.3 Å². The second-order valence-electron chi connectivity index (χ2n) is 7.62. The highest BCUT2D eigenvalue weighted by Crippen LogP contribution is 2.18. The number of fused-ring (bicyclic) bond motifs is 1. The molecule has 2 amide bonds. The lowest BCUT2D eigenvalue weighted by Crippen LogP contribution is -2.46. The Balaban J connectivity index is 1.32. The number of rotatable bonds is 4. The van der Waals surface area contributed by atoms with Crippen molar-refractivity contribution >= 4 is 28.5 Å². The molecular formula is C22H25N5O2. The van der Waals surface area contributed by atoms with Crippen molar-refractivity contribution in [1.82, 2.24) is 20.2 Å². The van der Waals surface area contributed by atoms with Gasteiger partial charge in [0.2, 0.25) is 0 Å². The molecule has 1 fully saturated rings. The van der Waals surface area contributed by atoms with Crippen LogP contribution in [0.1, 0.15) is 33.6 Å². The number of likely N-dealkylation sites (tertiary alicyclic amines) is 1. The lowest BCUT2D eigenvalue weighted by Gasteiger charge is -2.32. The number of anilines is 1. The number of imidazole rings is 1. The second kappa shape index (κ2) is 7.95. The fourth-order valence-electron chi connectivity index (χ4n) is 3.66. The third kappa shape index (κ3) is 4.08. The van der Waals surface area contributed by atoms with Crippen molar-refractivity contribution in [2.75, 3.05) is 32.1 Å². The number of hydrogen-bond donors (Lipinski definition) is 2. The van der Waals surface area contributed by atoms with Gasteiger partial charge in [-0.1, -0.05) is 0 Å². The van der Waals surface area contributed by atoms with Gasteiger partial charge >= 0.3 is 0 Å². The maximum absolute atomic E-state index is 12.7. The zero-order chi connectivity index (χ0) is 20.4. The molecule has 0 spiro atoms. The number of H-pyrrole nitrogens is 1. The van der Waals surface area contributed by atoms with Crippen molar-refractivity contribution < 1.29 is 9.59 Å². The summed E-state index contributed by atoms with van der Waals surface area (Å²) in [6.07, 6.45) is 3.12. The first kappa shape index (κ1) is 19.0. The number of carbonyl (C=O) groups is 2. The first-order valence-electron chi connectivity index (χ1n) is 9.82. The quantitative estimate of drug-likeness (QED) is 0.716. The maximum atomic E-state index is 12.7. The van der Waals surface area contributed by atoms with Gasteiger partial charge in [-0.15, -0.1) is 0 Å². The van der Waals surface area contributed by atoms with Crippen molar-refractivity contribution in [3.8, 4) is 0 Å². The smallest absolute Gasteiger partial charge is 0.253 e. The summed E-state index contributed by atoms with van der Waals surface area (Å²) < 4.78 is 0. The van der Waals surface area contributed by atoms with Crippen LogP contribution in [0.5, 0.6) is 0 Å². The maximum Gasteiger partial charge on any atom is 0.253 e. The van der Waals surface area contributed by atoms with Crippen LogP contribution >= 0.6 is 0 Å². The molecule has 0 aliphatic carbocycles. The molecule has 2 aromatic carbocycles. The van der Waals surface area contributed by atoms with E-state index in [-0.39, 0.29) is 17.9 Å². The molecule has 29 heavy (non-hydrogen) atoms. The number of hydrogen-bond acceptors (Lipinski definition) is 4. The summed E-state index contributed by atoms with van der Waals surface area (Å²) in [4.78, 5) is 36.4. The van der Waals surface area contributed by atoms with Gasteiger partial charge in [0.15, 0.2) is 0 Å². The van der Waals surface area contributed by atoms with Gasteiger partial charge < -0.3 is 20.1 Å². The summed E-state index contributed by atoms with van der Waals surface area (Å²) in [6.45, 7) is 1.28. The van der Waals surface area contributed by atoms with Crippen LogP contribution in [-0.4, -0.2) is 59.9 Å². The van der Waals surface area contributed by atoms with Gasteiger partial charge in [0.1, 0.15) is 0 Å². The lowest BCUT2D eigenvalue weighted by atomic mass is 10.0. The molecule has 0 saturated carbocycles. The summed E-state index contributed by atoms with van der Waals surface area (Å²) in [5.74, 6) is -0.0460. The molecule has 1 aliphatic rings. The average Bonchev–Trinajstić information content (AvgIpc) is 3.21. The molecule has 1 aliphatic heterocycles. The molecule has 1 saturated heterocycles. The van der Waals surface area contributed by atoms with Gasteiger partial charge in [0.05, 0.1) is 17.4 Å². The summed E-state index contributed by atoms with van der Waals surface area (Å²) in [5, 5.41) is 3.09. The lowest BCUT2D eigenvalue weighted by molar-refractivity contribution is 0.0698. The Morgan fingerprint density at radius 2 is 1.76 bits per heavy atom. The van der Waals surface area contributed by atoms with Crippen molar-refractivity contribution in [2.45, 2.75) is 18.9 Å². The van der Waals surface area contributed by atoms with E-state index in [1.165, 1.54) is 0 Å². The predicted octanol–water partition coefficient (Wildman–Crippen LogP) is 2.66. The molecule has 7 nitrogen and oxygen atoms in total. The van der Waals surface area contributed by atoms with E-state index >= 15 is 0 Å². The van der Waals surface area contributed by atoms with Crippen LogP contribution < -0.4 is 10.2 Å². The largest absolute Gasteiger partial charge is 0.378 e. The van der Waals surface area contributed by atoms with E-state index in [2.05, 4.69) is 15.3 Å². The molecule has 0 bridgehead atoms. The van der Waals surface area contributed by atoms with E-state index in [9.17, 15) is 9.59 Å². The summed E-state index contributed by atoms with van der Waals surface area (Å²) in [5.41, 5.74) is 4.06. The van der Waals surface area contributed by atoms with Crippen LogP contribution in [0.4, 0.5) is 5.69 Å². The molecule has 3 aromatic rings. The van der Waals surface area contributed by atoms with Crippen molar-refractivity contribution in [1.29, 1.82) is 0 Å².